The fourth-order valence-corrected chi connectivity index (χ4v) is 4.62. The zero-order valence-electron chi connectivity index (χ0n) is 21.3. The van der Waals surface area contributed by atoms with Gasteiger partial charge in [0.1, 0.15) is 23.6 Å². The highest BCUT2D eigenvalue weighted by Crippen LogP contribution is 2.37. The number of H-pyrrole nitrogens is 1. The van der Waals surface area contributed by atoms with Crippen LogP contribution in [0, 0.1) is 0 Å². The summed E-state index contributed by atoms with van der Waals surface area (Å²) in [5.41, 5.74) is 4.36. The van der Waals surface area contributed by atoms with Crippen LogP contribution in [0.3, 0.4) is 0 Å². The Kier molecular flexibility index (Phi) is 7.79. The van der Waals surface area contributed by atoms with Crippen molar-refractivity contribution in [3.8, 4) is 22.8 Å². The van der Waals surface area contributed by atoms with Gasteiger partial charge in [0.05, 0.1) is 24.4 Å². The van der Waals surface area contributed by atoms with E-state index in [2.05, 4.69) is 17.2 Å². The Bertz CT molecular complexity index is 1240. The zero-order valence-corrected chi connectivity index (χ0v) is 21.3. The number of aromatic nitrogens is 2. The number of hydrogen-bond acceptors (Lipinski definition) is 6. The molecule has 0 aliphatic carbocycles. The van der Waals surface area contributed by atoms with Crippen LogP contribution in [0.1, 0.15) is 49.7 Å². The number of piperidine rings is 1. The predicted molar refractivity (Wildman–Crippen MR) is 137 cm³/mol. The normalized spacial score (nSPS) is 14.3. The molecule has 3 N–H and O–H groups in total. The lowest BCUT2D eigenvalue weighted by Crippen LogP contribution is -2.47. The molecule has 0 bridgehead atoms. The van der Waals surface area contributed by atoms with Gasteiger partial charge in [0, 0.05) is 24.7 Å². The number of fused-ring (bicyclic) bond motifs is 1. The molecule has 0 radical (unpaired) electrons. The van der Waals surface area contributed by atoms with Crippen LogP contribution < -0.4 is 14.8 Å². The second-order valence-corrected chi connectivity index (χ2v) is 9.23. The number of benzene rings is 1. The summed E-state index contributed by atoms with van der Waals surface area (Å²) in [5, 5.41) is 12.2. The first-order valence-corrected chi connectivity index (χ1v) is 12.4. The third kappa shape index (κ3) is 5.16. The fraction of sp³-hybridized carbons (Fsp3) is 0.444. The Morgan fingerprint density at radius 2 is 1.97 bits per heavy atom. The number of amides is 2. The molecular formula is C27H34N4O5. The molecule has 3 heterocycles. The Labute approximate surface area is 210 Å². The van der Waals surface area contributed by atoms with E-state index in [0.29, 0.717) is 42.9 Å². The topological polar surface area (TPSA) is 117 Å². The molecule has 9 nitrogen and oxygen atoms in total. The quantitative estimate of drug-likeness (QED) is 0.442. The van der Waals surface area contributed by atoms with E-state index >= 15 is 0 Å². The van der Waals surface area contributed by atoms with Crippen molar-refractivity contribution in [2.45, 2.75) is 52.2 Å². The number of aromatic amines is 1. The average Bonchev–Trinajstić information content (AvgIpc) is 3.24. The smallest absolute Gasteiger partial charge is 0.271 e. The first-order chi connectivity index (χ1) is 17.4. The summed E-state index contributed by atoms with van der Waals surface area (Å²) >= 11 is 0. The van der Waals surface area contributed by atoms with Gasteiger partial charge in [-0.15, -0.1) is 0 Å². The van der Waals surface area contributed by atoms with Crippen LogP contribution in [-0.2, 0) is 11.2 Å². The maximum absolute atomic E-state index is 13.4. The van der Waals surface area contributed by atoms with Crippen molar-refractivity contribution >= 4 is 22.8 Å². The van der Waals surface area contributed by atoms with Gasteiger partial charge in [-0.1, -0.05) is 19.1 Å². The number of likely N-dealkylation sites (tertiary alicyclic amines) is 1. The first-order valence-electron chi connectivity index (χ1n) is 12.4. The number of hydrogen-bond donors (Lipinski definition) is 3. The van der Waals surface area contributed by atoms with Crippen LogP contribution >= 0.6 is 0 Å². The number of aliphatic hydroxyl groups is 1. The maximum atomic E-state index is 13.4. The van der Waals surface area contributed by atoms with E-state index in [9.17, 15) is 9.59 Å². The summed E-state index contributed by atoms with van der Waals surface area (Å²) in [7, 11) is 1.64. The van der Waals surface area contributed by atoms with Crippen molar-refractivity contribution in [1.82, 2.24) is 20.2 Å². The molecule has 36 heavy (non-hydrogen) atoms. The molecule has 3 aromatic rings. The first kappa shape index (κ1) is 25.5. The maximum Gasteiger partial charge on any atom is 0.271 e. The molecule has 0 unspecified atom stereocenters. The molecule has 2 aromatic heterocycles. The predicted octanol–water partition coefficient (Wildman–Crippen LogP) is 3.30. The number of rotatable bonds is 8. The fourth-order valence-electron chi connectivity index (χ4n) is 4.62. The van der Waals surface area contributed by atoms with Crippen LogP contribution in [-0.4, -0.2) is 70.7 Å². The Morgan fingerprint density at radius 1 is 1.25 bits per heavy atom. The highest BCUT2D eigenvalue weighted by Gasteiger charge is 2.28. The lowest BCUT2D eigenvalue weighted by molar-refractivity contribution is -0.135. The second-order valence-electron chi connectivity index (χ2n) is 9.23. The number of pyridine rings is 1. The van der Waals surface area contributed by atoms with Gasteiger partial charge < -0.3 is 29.8 Å². The molecule has 1 aliphatic heterocycles. The number of aliphatic hydroxyl groups excluding tert-OH is 1. The molecule has 1 aliphatic rings. The summed E-state index contributed by atoms with van der Waals surface area (Å²) in [6, 6.07) is 9.69. The number of carbonyl (C=O) groups excluding carboxylic acids is 2. The number of nitrogens with zero attached hydrogens (tertiary/aromatic N) is 2. The Morgan fingerprint density at radius 3 is 2.61 bits per heavy atom. The van der Waals surface area contributed by atoms with E-state index < -0.39 is 6.61 Å². The van der Waals surface area contributed by atoms with Crippen LogP contribution in [0.15, 0.2) is 30.3 Å². The Balaban J connectivity index is 1.69. The van der Waals surface area contributed by atoms with Gasteiger partial charge in [0.15, 0.2) is 5.75 Å². The monoisotopic (exact) mass is 494 g/mol. The van der Waals surface area contributed by atoms with Crippen LogP contribution in [0.2, 0.25) is 0 Å². The number of para-hydroxylation sites is 1. The lowest BCUT2D eigenvalue weighted by Gasteiger charge is -2.32. The third-order valence-corrected chi connectivity index (χ3v) is 6.45. The van der Waals surface area contributed by atoms with Gasteiger partial charge in [0.25, 0.3) is 5.91 Å². The summed E-state index contributed by atoms with van der Waals surface area (Å²) in [4.78, 5) is 35.0. The van der Waals surface area contributed by atoms with Crippen LogP contribution in [0.25, 0.3) is 22.3 Å². The van der Waals surface area contributed by atoms with E-state index in [1.165, 1.54) is 0 Å². The van der Waals surface area contributed by atoms with Crippen molar-refractivity contribution in [2.24, 2.45) is 0 Å². The molecule has 1 aromatic carbocycles. The van der Waals surface area contributed by atoms with Crippen LogP contribution in [0.5, 0.6) is 11.5 Å². The van der Waals surface area contributed by atoms with Crippen molar-refractivity contribution in [2.75, 3.05) is 26.8 Å². The van der Waals surface area contributed by atoms with E-state index in [4.69, 9.17) is 19.6 Å². The minimum absolute atomic E-state index is 0.0816. The number of methoxy groups -OCH3 is 1. The number of carbonyl (C=O) groups is 2. The molecule has 4 rings (SSSR count). The molecule has 1 saturated heterocycles. The number of nitrogens with one attached hydrogen (secondary N) is 2. The third-order valence-electron chi connectivity index (χ3n) is 6.45. The molecule has 9 heteroatoms. The number of ether oxygens (including phenoxy) is 2. The van der Waals surface area contributed by atoms with Gasteiger partial charge in [-0.3, -0.25) is 9.59 Å². The second kappa shape index (κ2) is 11.0. The van der Waals surface area contributed by atoms with Crippen molar-refractivity contribution in [3.05, 3.63) is 41.6 Å². The molecule has 0 atom stereocenters. The van der Waals surface area contributed by atoms with E-state index in [-0.39, 0.29) is 24.0 Å². The molecular weight excluding hydrogens is 460 g/mol. The van der Waals surface area contributed by atoms with Gasteiger partial charge in [-0.05, 0) is 56.9 Å². The minimum atomic E-state index is -0.494. The molecule has 2 amide bonds. The standard InChI is InChI=1S/C27H34N4O5/c1-5-17-14-20-24(30-23(17)19-8-6-7-9-21(19)35-4)26(36-16(2)3)25(29-20)27(34)28-18-10-12-31(13-11-18)22(33)15-32/h6-9,14,16,18,29,32H,5,10-13,15H2,1-4H3,(H,28,34). The van der Waals surface area contributed by atoms with Gasteiger partial charge in [-0.25, -0.2) is 4.98 Å². The SMILES string of the molecule is CCc1cc2[nH]c(C(=O)NC3CCN(C(=O)CO)CC3)c(OC(C)C)c2nc1-c1ccccc1OC. The van der Waals surface area contributed by atoms with Crippen molar-refractivity contribution < 1.29 is 24.2 Å². The van der Waals surface area contributed by atoms with Crippen molar-refractivity contribution in [1.29, 1.82) is 0 Å². The minimum Gasteiger partial charge on any atom is -0.496 e. The van der Waals surface area contributed by atoms with Gasteiger partial charge in [0.2, 0.25) is 5.91 Å². The summed E-state index contributed by atoms with van der Waals surface area (Å²) < 4.78 is 11.7. The van der Waals surface area contributed by atoms with Crippen LogP contribution in [0.4, 0.5) is 0 Å². The largest absolute Gasteiger partial charge is 0.496 e. The highest BCUT2D eigenvalue weighted by atomic mass is 16.5. The van der Waals surface area contributed by atoms with Gasteiger partial charge in [-0.2, -0.15) is 0 Å². The van der Waals surface area contributed by atoms with Crippen molar-refractivity contribution in [3.63, 3.8) is 0 Å². The lowest BCUT2D eigenvalue weighted by atomic mass is 10.0. The molecule has 0 spiro atoms. The van der Waals surface area contributed by atoms with E-state index in [0.717, 1.165) is 34.5 Å². The van der Waals surface area contributed by atoms with Gasteiger partial charge >= 0.3 is 0 Å². The Hall–Kier alpha value is -3.59. The summed E-state index contributed by atoms with van der Waals surface area (Å²) in [6.45, 7) is 6.39. The summed E-state index contributed by atoms with van der Waals surface area (Å²) in [6.07, 6.45) is 1.83. The molecule has 192 valence electrons. The van der Waals surface area contributed by atoms with E-state index in [1.807, 2.05) is 44.2 Å². The summed E-state index contributed by atoms with van der Waals surface area (Å²) in [5.74, 6) is 0.591. The van der Waals surface area contributed by atoms with E-state index in [1.54, 1.807) is 12.0 Å². The molecule has 1 fully saturated rings. The molecule has 0 saturated carbocycles. The highest BCUT2D eigenvalue weighted by molar-refractivity contribution is 6.03. The average molecular weight is 495 g/mol. The zero-order chi connectivity index (χ0) is 25.8. The number of aryl methyl sites for hydroxylation is 1.